The second-order valence-electron chi connectivity index (χ2n) is 7.06. The van der Waals surface area contributed by atoms with Crippen molar-refractivity contribution >= 4 is 34.4 Å². The first kappa shape index (κ1) is 17.4. The van der Waals surface area contributed by atoms with E-state index < -0.39 is 11.4 Å². The SMILES string of the molecule is O=C(CSc1ccc2ccccc2c1)N1C[C@H]2COCC[C@@]2(C(=O)O)C1. The Morgan fingerprint density at radius 2 is 2.04 bits per heavy atom. The van der Waals surface area contributed by atoms with E-state index in [-0.39, 0.29) is 11.8 Å². The standard InChI is InChI=1S/C20H21NO4S/c22-18(12-26-17-6-5-14-3-1-2-4-15(14)9-17)21-10-16-11-25-8-7-20(16,13-21)19(23)24/h1-6,9,16H,7-8,10-13H2,(H,23,24)/t16-,20+/m0/s1. The zero-order valence-electron chi connectivity index (χ0n) is 14.4. The predicted molar refractivity (Wildman–Crippen MR) is 100 cm³/mol. The summed E-state index contributed by atoms with van der Waals surface area (Å²) in [6, 6.07) is 14.3. The van der Waals surface area contributed by atoms with E-state index in [1.807, 2.05) is 18.2 Å². The van der Waals surface area contributed by atoms with Crippen LogP contribution in [-0.2, 0) is 14.3 Å². The lowest BCUT2D eigenvalue weighted by atomic mass is 9.74. The molecule has 2 saturated heterocycles. The second kappa shape index (κ2) is 6.93. The number of rotatable bonds is 4. The minimum Gasteiger partial charge on any atom is -0.481 e. The molecule has 0 aromatic heterocycles. The zero-order chi connectivity index (χ0) is 18.1. The molecule has 6 heteroatoms. The molecule has 0 unspecified atom stereocenters. The van der Waals surface area contributed by atoms with Crippen molar-refractivity contribution < 1.29 is 19.4 Å². The first-order chi connectivity index (χ1) is 12.6. The normalized spacial score (nSPS) is 25.2. The maximum absolute atomic E-state index is 12.7. The van der Waals surface area contributed by atoms with Gasteiger partial charge in [-0.3, -0.25) is 9.59 Å². The molecule has 136 valence electrons. The summed E-state index contributed by atoms with van der Waals surface area (Å²) in [5.74, 6) is -0.591. The average molecular weight is 371 g/mol. The Kier molecular flexibility index (Phi) is 4.63. The Balaban J connectivity index is 1.42. The van der Waals surface area contributed by atoms with Crippen LogP contribution in [0.2, 0.25) is 0 Å². The van der Waals surface area contributed by atoms with E-state index in [2.05, 4.69) is 24.3 Å². The van der Waals surface area contributed by atoms with Crippen molar-refractivity contribution in [2.75, 3.05) is 32.1 Å². The fourth-order valence-corrected chi connectivity index (χ4v) is 4.83. The number of amides is 1. The highest BCUT2D eigenvalue weighted by Crippen LogP contribution is 2.42. The number of benzene rings is 2. The van der Waals surface area contributed by atoms with Gasteiger partial charge in [-0.15, -0.1) is 11.8 Å². The molecule has 2 atom stereocenters. The quantitative estimate of drug-likeness (QED) is 0.837. The van der Waals surface area contributed by atoms with Crippen LogP contribution in [-0.4, -0.2) is 53.9 Å². The minimum atomic E-state index is -0.832. The van der Waals surface area contributed by atoms with E-state index in [0.717, 1.165) is 10.3 Å². The maximum Gasteiger partial charge on any atom is 0.311 e. The highest BCUT2D eigenvalue weighted by molar-refractivity contribution is 8.00. The highest BCUT2D eigenvalue weighted by atomic mass is 32.2. The van der Waals surface area contributed by atoms with Crippen LogP contribution < -0.4 is 0 Å². The molecule has 0 aliphatic carbocycles. The number of carbonyl (C=O) groups is 2. The molecule has 4 rings (SSSR count). The molecular weight excluding hydrogens is 350 g/mol. The van der Waals surface area contributed by atoms with E-state index >= 15 is 0 Å². The summed E-state index contributed by atoms with van der Waals surface area (Å²) < 4.78 is 5.45. The fraction of sp³-hybridized carbons (Fsp3) is 0.400. The average Bonchev–Trinajstić information content (AvgIpc) is 3.07. The summed E-state index contributed by atoms with van der Waals surface area (Å²) in [6.45, 7) is 1.65. The Morgan fingerprint density at radius 3 is 2.81 bits per heavy atom. The van der Waals surface area contributed by atoms with Gasteiger partial charge in [0, 0.05) is 30.5 Å². The monoisotopic (exact) mass is 371 g/mol. The molecular formula is C20H21NO4S. The van der Waals surface area contributed by atoms with Gasteiger partial charge in [-0.05, 0) is 29.3 Å². The van der Waals surface area contributed by atoms with E-state index in [0.29, 0.717) is 38.5 Å². The van der Waals surface area contributed by atoms with Gasteiger partial charge in [-0.1, -0.05) is 30.3 Å². The van der Waals surface area contributed by atoms with Crippen LogP contribution in [0, 0.1) is 11.3 Å². The van der Waals surface area contributed by atoms with Gasteiger partial charge in [0.2, 0.25) is 5.91 Å². The summed E-state index contributed by atoms with van der Waals surface area (Å²) >= 11 is 1.50. The molecule has 0 saturated carbocycles. The third-order valence-electron chi connectivity index (χ3n) is 5.57. The Bertz CT molecular complexity index is 855. The number of carbonyl (C=O) groups excluding carboxylic acids is 1. The van der Waals surface area contributed by atoms with Crippen LogP contribution in [0.4, 0.5) is 0 Å². The van der Waals surface area contributed by atoms with E-state index in [1.165, 1.54) is 17.1 Å². The maximum atomic E-state index is 12.7. The third kappa shape index (κ3) is 3.08. The molecule has 2 aliphatic heterocycles. The first-order valence-electron chi connectivity index (χ1n) is 8.79. The summed E-state index contributed by atoms with van der Waals surface area (Å²) in [6.07, 6.45) is 0.481. The number of hydrogen-bond acceptors (Lipinski definition) is 4. The molecule has 1 amide bonds. The smallest absolute Gasteiger partial charge is 0.311 e. The van der Waals surface area contributed by atoms with Gasteiger partial charge in [-0.2, -0.15) is 0 Å². The number of carboxylic acids is 1. The molecule has 0 spiro atoms. The van der Waals surface area contributed by atoms with Gasteiger partial charge < -0.3 is 14.7 Å². The molecule has 2 aliphatic rings. The van der Waals surface area contributed by atoms with Crippen molar-refractivity contribution in [1.29, 1.82) is 0 Å². The number of ether oxygens (including phenoxy) is 1. The molecule has 2 heterocycles. The number of likely N-dealkylation sites (tertiary alicyclic amines) is 1. The van der Waals surface area contributed by atoms with Gasteiger partial charge in [0.05, 0.1) is 17.8 Å². The Hall–Kier alpha value is -2.05. The van der Waals surface area contributed by atoms with Gasteiger partial charge in [-0.25, -0.2) is 0 Å². The Labute approximate surface area is 156 Å². The van der Waals surface area contributed by atoms with Gasteiger partial charge in [0.25, 0.3) is 0 Å². The number of carboxylic acid groups (broad SMARTS) is 1. The second-order valence-corrected chi connectivity index (χ2v) is 8.10. The summed E-state index contributed by atoms with van der Waals surface area (Å²) in [7, 11) is 0. The zero-order valence-corrected chi connectivity index (χ0v) is 15.2. The topological polar surface area (TPSA) is 66.8 Å². The van der Waals surface area contributed by atoms with Crippen molar-refractivity contribution in [3.63, 3.8) is 0 Å². The van der Waals surface area contributed by atoms with Gasteiger partial charge in [0.15, 0.2) is 0 Å². The van der Waals surface area contributed by atoms with Crippen molar-refractivity contribution in [3.8, 4) is 0 Å². The number of thioether (sulfide) groups is 1. The lowest BCUT2D eigenvalue weighted by molar-refractivity contribution is -0.157. The lowest BCUT2D eigenvalue weighted by Gasteiger charge is -2.33. The van der Waals surface area contributed by atoms with Crippen molar-refractivity contribution in [2.24, 2.45) is 11.3 Å². The molecule has 26 heavy (non-hydrogen) atoms. The predicted octanol–water partition coefficient (Wildman–Crippen LogP) is 2.88. The summed E-state index contributed by atoms with van der Waals surface area (Å²) in [4.78, 5) is 27.2. The van der Waals surface area contributed by atoms with Crippen molar-refractivity contribution in [1.82, 2.24) is 4.90 Å². The van der Waals surface area contributed by atoms with Crippen molar-refractivity contribution in [3.05, 3.63) is 42.5 Å². The molecule has 2 fully saturated rings. The van der Waals surface area contributed by atoms with Crippen molar-refractivity contribution in [2.45, 2.75) is 11.3 Å². The summed E-state index contributed by atoms with van der Waals surface area (Å²) in [5, 5.41) is 12.0. The van der Waals surface area contributed by atoms with Crippen LogP contribution in [0.1, 0.15) is 6.42 Å². The van der Waals surface area contributed by atoms with E-state index in [1.54, 1.807) is 4.90 Å². The van der Waals surface area contributed by atoms with Crippen LogP contribution >= 0.6 is 11.8 Å². The number of aliphatic carboxylic acids is 1. The Morgan fingerprint density at radius 1 is 1.23 bits per heavy atom. The number of nitrogens with zero attached hydrogens (tertiary/aromatic N) is 1. The largest absolute Gasteiger partial charge is 0.481 e. The molecule has 5 nitrogen and oxygen atoms in total. The van der Waals surface area contributed by atoms with Crippen LogP contribution in [0.5, 0.6) is 0 Å². The van der Waals surface area contributed by atoms with E-state index in [9.17, 15) is 14.7 Å². The van der Waals surface area contributed by atoms with Gasteiger partial charge in [0.1, 0.15) is 0 Å². The van der Waals surface area contributed by atoms with Crippen LogP contribution in [0.3, 0.4) is 0 Å². The first-order valence-corrected chi connectivity index (χ1v) is 9.77. The minimum absolute atomic E-state index is 0.00168. The van der Waals surface area contributed by atoms with Gasteiger partial charge >= 0.3 is 5.97 Å². The molecule has 0 radical (unpaired) electrons. The van der Waals surface area contributed by atoms with E-state index in [4.69, 9.17) is 4.74 Å². The van der Waals surface area contributed by atoms with Crippen LogP contribution in [0.25, 0.3) is 10.8 Å². The molecule has 2 aromatic carbocycles. The summed E-state index contributed by atoms with van der Waals surface area (Å²) in [5.41, 5.74) is -0.832. The van der Waals surface area contributed by atoms with Crippen LogP contribution in [0.15, 0.2) is 47.4 Å². The fourth-order valence-electron chi connectivity index (χ4n) is 3.98. The number of fused-ring (bicyclic) bond motifs is 2. The molecule has 2 aromatic rings. The molecule has 0 bridgehead atoms. The third-order valence-corrected chi connectivity index (χ3v) is 6.55. The highest BCUT2D eigenvalue weighted by Gasteiger charge is 2.54. The number of hydrogen-bond donors (Lipinski definition) is 1. The molecule has 1 N–H and O–H groups in total. The lowest BCUT2D eigenvalue weighted by Crippen LogP contribution is -2.45.